The molecule has 1 N–H and O–H groups in total. The fourth-order valence-corrected chi connectivity index (χ4v) is 3.08. The van der Waals surface area contributed by atoms with Crippen molar-refractivity contribution in [1.82, 2.24) is 10.3 Å². The van der Waals surface area contributed by atoms with Crippen molar-refractivity contribution < 1.29 is 9.15 Å². The Labute approximate surface area is 161 Å². The Morgan fingerprint density at radius 3 is 2.37 bits per heavy atom. The average Bonchev–Trinajstić information content (AvgIpc) is 3.03. The first-order valence-electron chi connectivity index (χ1n) is 9.53. The molecule has 3 rings (SSSR count). The van der Waals surface area contributed by atoms with Gasteiger partial charge in [0.15, 0.2) is 0 Å². The lowest BCUT2D eigenvalue weighted by atomic mass is 10.1. The quantitative estimate of drug-likeness (QED) is 0.587. The summed E-state index contributed by atoms with van der Waals surface area (Å²) >= 11 is 0. The predicted molar refractivity (Wildman–Crippen MR) is 109 cm³/mol. The predicted octanol–water partition coefficient (Wildman–Crippen LogP) is 5.33. The third-order valence-electron chi connectivity index (χ3n) is 4.48. The van der Waals surface area contributed by atoms with Crippen molar-refractivity contribution in [3.63, 3.8) is 0 Å². The van der Waals surface area contributed by atoms with E-state index in [-0.39, 0.29) is 0 Å². The van der Waals surface area contributed by atoms with Gasteiger partial charge in [0.05, 0.1) is 12.3 Å². The molecule has 0 amide bonds. The van der Waals surface area contributed by atoms with Crippen molar-refractivity contribution in [3.05, 3.63) is 71.6 Å². The van der Waals surface area contributed by atoms with Crippen LogP contribution in [0.5, 0.6) is 5.75 Å². The number of nitrogens with one attached hydrogen (secondary N) is 1. The van der Waals surface area contributed by atoms with Crippen LogP contribution in [0.2, 0.25) is 0 Å². The lowest BCUT2D eigenvalue weighted by Gasteiger charge is -2.17. The molecule has 0 aliphatic heterocycles. The van der Waals surface area contributed by atoms with Crippen molar-refractivity contribution in [3.8, 4) is 17.2 Å². The molecule has 27 heavy (non-hydrogen) atoms. The Hall–Kier alpha value is -2.59. The first-order chi connectivity index (χ1) is 13.0. The molecule has 4 nitrogen and oxygen atoms in total. The van der Waals surface area contributed by atoms with E-state index in [0.717, 1.165) is 29.2 Å². The average molecular weight is 364 g/mol. The monoisotopic (exact) mass is 364 g/mol. The number of rotatable bonds is 8. The summed E-state index contributed by atoms with van der Waals surface area (Å²) in [5.74, 6) is 2.39. The van der Waals surface area contributed by atoms with E-state index < -0.39 is 0 Å². The fraction of sp³-hybridized carbons (Fsp3) is 0.348. The van der Waals surface area contributed by atoms with Crippen LogP contribution in [0.25, 0.3) is 11.5 Å². The number of ether oxygens (including phenoxy) is 1. The number of hydrogen-bond donors (Lipinski definition) is 1. The molecule has 0 aliphatic rings. The van der Waals surface area contributed by atoms with Crippen LogP contribution >= 0.6 is 0 Å². The van der Waals surface area contributed by atoms with Crippen molar-refractivity contribution in [2.45, 2.75) is 46.2 Å². The molecule has 0 bridgehead atoms. The standard InChI is InChI=1S/C23H28N2O2/c1-16(2)24-17(3)19-10-12-21(13-11-19)26-15-14-22-18(4)27-23(25-22)20-8-6-5-7-9-20/h5-13,16-17,24H,14-15H2,1-4H3. The van der Waals surface area contributed by atoms with Gasteiger partial charge in [0.2, 0.25) is 5.89 Å². The largest absolute Gasteiger partial charge is 0.493 e. The zero-order valence-electron chi connectivity index (χ0n) is 16.5. The van der Waals surface area contributed by atoms with Gasteiger partial charge in [-0.2, -0.15) is 0 Å². The molecule has 4 heteroatoms. The number of aryl methyl sites for hydroxylation is 1. The minimum absolute atomic E-state index is 0.327. The molecule has 142 valence electrons. The van der Waals surface area contributed by atoms with Crippen LogP contribution in [-0.2, 0) is 6.42 Å². The van der Waals surface area contributed by atoms with Crippen LogP contribution in [0.15, 0.2) is 59.0 Å². The lowest BCUT2D eigenvalue weighted by Crippen LogP contribution is -2.25. The number of nitrogens with zero attached hydrogens (tertiary/aromatic N) is 1. The van der Waals surface area contributed by atoms with E-state index in [2.05, 4.69) is 43.2 Å². The van der Waals surface area contributed by atoms with Crippen LogP contribution in [0.1, 0.15) is 43.8 Å². The van der Waals surface area contributed by atoms with Gasteiger partial charge in [-0.25, -0.2) is 4.98 Å². The molecule has 1 aromatic heterocycles. The highest BCUT2D eigenvalue weighted by molar-refractivity contribution is 5.53. The van der Waals surface area contributed by atoms with Crippen LogP contribution in [0.3, 0.4) is 0 Å². The van der Waals surface area contributed by atoms with Crippen molar-refractivity contribution in [2.75, 3.05) is 6.61 Å². The number of oxazole rings is 1. The molecule has 3 aromatic rings. The Morgan fingerprint density at radius 1 is 1.00 bits per heavy atom. The first-order valence-corrected chi connectivity index (χ1v) is 9.53. The van der Waals surface area contributed by atoms with Crippen molar-refractivity contribution in [1.29, 1.82) is 0 Å². The Morgan fingerprint density at radius 2 is 1.70 bits per heavy atom. The summed E-state index contributed by atoms with van der Waals surface area (Å²) in [6.45, 7) is 9.01. The molecule has 0 fully saturated rings. The SMILES string of the molecule is Cc1oc(-c2ccccc2)nc1CCOc1ccc(C(C)NC(C)C)cc1. The zero-order chi connectivity index (χ0) is 19.2. The minimum atomic E-state index is 0.327. The summed E-state index contributed by atoms with van der Waals surface area (Å²) in [6.07, 6.45) is 0.717. The summed E-state index contributed by atoms with van der Waals surface area (Å²) in [7, 11) is 0. The van der Waals surface area contributed by atoms with E-state index >= 15 is 0 Å². The van der Waals surface area contributed by atoms with Crippen LogP contribution in [0, 0.1) is 6.92 Å². The second-order valence-electron chi connectivity index (χ2n) is 7.10. The van der Waals surface area contributed by atoms with E-state index in [1.54, 1.807) is 0 Å². The lowest BCUT2D eigenvalue weighted by molar-refractivity contribution is 0.319. The van der Waals surface area contributed by atoms with Gasteiger partial charge in [-0.3, -0.25) is 0 Å². The van der Waals surface area contributed by atoms with Gasteiger partial charge in [0.1, 0.15) is 11.5 Å². The second kappa shape index (κ2) is 8.87. The first kappa shape index (κ1) is 19.2. The molecule has 1 unspecified atom stereocenters. The highest BCUT2D eigenvalue weighted by atomic mass is 16.5. The Kier molecular flexibility index (Phi) is 6.30. The third kappa shape index (κ3) is 5.20. The molecule has 1 heterocycles. The highest BCUT2D eigenvalue weighted by Crippen LogP contribution is 2.22. The van der Waals surface area contributed by atoms with E-state index in [0.29, 0.717) is 24.6 Å². The van der Waals surface area contributed by atoms with E-state index in [4.69, 9.17) is 9.15 Å². The van der Waals surface area contributed by atoms with Gasteiger partial charge in [-0.15, -0.1) is 0 Å². The normalized spacial score (nSPS) is 12.3. The number of aromatic nitrogens is 1. The van der Waals surface area contributed by atoms with Gasteiger partial charge in [0.25, 0.3) is 0 Å². The van der Waals surface area contributed by atoms with Gasteiger partial charge < -0.3 is 14.5 Å². The Balaban J connectivity index is 1.55. The highest BCUT2D eigenvalue weighted by Gasteiger charge is 2.11. The molecular weight excluding hydrogens is 336 g/mol. The van der Waals surface area contributed by atoms with E-state index in [1.807, 2.05) is 49.4 Å². The van der Waals surface area contributed by atoms with Gasteiger partial charge in [-0.1, -0.05) is 44.2 Å². The van der Waals surface area contributed by atoms with Gasteiger partial charge >= 0.3 is 0 Å². The summed E-state index contributed by atoms with van der Waals surface area (Å²) in [5.41, 5.74) is 3.20. The van der Waals surface area contributed by atoms with Crippen molar-refractivity contribution in [2.24, 2.45) is 0 Å². The molecule has 0 aliphatic carbocycles. The molecular formula is C23H28N2O2. The fourth-order valence-electron chi connectivity index (χ4n) is 3.08. The van der Waals surface area contributed by atoms with E-state index in [9.17, 15) is 0 Å². The number of benzene rings is 2. The summed E-state index contributed by atoms with van der Waals surface area (Å²) in [4.78, 5) is 4.62. The maximum atomic E-state index is 5.89. The van der Waals surface area contributed by atoms with Crippen molar-refractivity contribution >= 4 is 0 Å². The Bertz CT molecular complexity index is 839. The smallest absolute Gasteiger partial charge is 0.226 e. The zero-order valence-corrected chi connectivity index (χ0v) is 16.5. The van der Waals surface area contributed by atoms with Crippen LogP contribution < -0.4 is 10.1 Å². The minimum Gasteiger partial charge on any atom is -0.493 e. The topological polar surface area (TPSA) is 47.3 Å². The molecule has 2 aromatic carbocycles. The summed E-state index contributed by atoms with van der Waals surface area (Å²) < 4.78 is 11.7. The number of hydrogen-bond acceptors (Lipinski definition) is 4. The van der Waals surface area contributed by atoms with Gasteiger partial charge in [0, 0.05) is 24.1 Å². The third-order valence-corrected chi connectivity index (χ3v) is 4.48. The van der Waals surface area contributed by atoms with Crippen LogP contribution in [-0.4, -0.2) is 17.6 Å². The van der Waals surface area contributed by atoms with Crippen LogP contribution in [0.4, 0.5) is 0 Å². The van der Waals surface area contributed by atoms with Gasteiger partial charge in [-0.05, 0) is 43.7 Å². The molecule has 0 spiro atoms. The molecule has 0 radical (unpaired) electrons. The second-order valence-corrected chi connectivity index (χ2v) is 7.10. The summed E-state index contributed by atoms with van der Waals surface area (Å²) in [6, 6.07) is 19.0. The molecule has 1 atom stereocenters. The van der Waals surface area contributed by atoms with E-state index in [1.165, 1.54) is 5.56 Å². The maximum Gasteiger partial charge on any atom is 0.226 e. The maximum absolute atomic E-state index is 5.89. The molecule has 0 saturated heterocycles. The molecule has 0 saturated carbocycles. The summed E-state index contributed by atoms with van der Waals surface area (Å²) in [5, 5.41) is 3.51.